The number of nitrogens with one attached hydrogen (secondary N) is 1. The van der Waals surface area contributed by atoms with E-state index in [4.69, 9.17) is 27.0 Å². The number of carbonyl (C=O) groups is 1. The fraction of sp³-hybridized carbons (Fsp3) is 0.238. The van der Waals surface area contributed by atoms with E-state index < -0.39 is 16.4 Å². The zero-order chi connectivity index (χ0) is 23.0. The molecule has 0 bridgehead atoms. The van der Waals surface area contributed by atoms with E-state index in [0.717, 1.165) is 23.1 Å². The Hall–Kier alpha value is -3.21. The van der Waals surface area contributed by atoms with Crippen molar-refractivity contribution in [3.63, 3.8) is 0 Å². The number of aryl methyl sites for hydroxylation is 1. The van der Waals surface area contributed by atoms with Crippen LogP contribution in [0.1, 0.15) is 29.8 Å². The van der Waals surface area contributed by atoms with E-state index in [-0.39, 0.29) is 0 Å². The summed E-state index contributed by atoms with van der Waals surface area (Å²) >= 11 is 0. The van der Waals surface area contributed by atoms with Gasteiger partial charge in [0.2, 0.25) is 0 Å². The lowest BCUT2D eigenvalue weighted by Crippen LogP contribution is -2.10. The summed E-state index contributed by atoms with van der Waals surface area (Å²) in [7, 11) is -3.56. The fourth-order valence-electron chi connectivity index (χ4n) is 2.94. The van der Waals surface area contributed by atoms with Crippen LogP contribution in [-0.2, 0) is 21.6 Å². The molecule has 10 heteroatoms. The third-order valence-corrected chi connectivity index (χ3v) is 4.23. The van der Waals surface area contributed by atoms with Crippen LogP contribution >= 0.6 is 0 Å². The average molecular weight is 446 g/mol. The summed E-state index contributed by atoms with van der Waals surface area (Å²) in [6.45, 7) is 4.19. The second kappa shape index (κ2) is 10.7. The Morgan fingerprint density at radius 2 is 1.77 bits per heavy atom. The Bertz CT molecular complexity index is 1160. The average Bonchev–Trinajstić information content (AvgIpc) is 2.72. The molecule has 0 atom stereocenters. The van der Waals surface area contributed by atoms with Gasteiger partial charge in [-0.25, -0.2) is 4.79 Å². The van der Waals surface area contributed by atoms with Gasteiger partial charge in [0.05, 0.1) is 19.4 Å². The van der Waals surface area contributed by atoms with Gasteiger partial charge >= 0.3 is 5.97 Å². The number of ether oxygens (including phenoxy) is 2. The number of aromatic nitrogens is 1. The van der Waals surface area contributed by atoms with Crippen LogP contribution in [0.15, 0.2) is 48.7 Å². The van der Waals surface area contributed by atoms with Crippen molar-refractivity contribution in [1.29, 1.82) is 0 Å². The Balaban J connectivity index is 0.000000614. The minimum absolute atomic E-state index is 0.306. The zero-order valence-electron chi connectivity index (χ0n) is 17.2. The van der Waals surface area contributed by atoms with Gasteiger partial charge in [-0.1, -0.05) is 37.3 Å². The molecule has 31 heavy (non-hydrogen) atoms. The molecule has 9 nitrogen and oxygen atoms in total. The highest BCUT2D eigenvalue weighted by Crippen LogP contribution is 2.34. The number of esters is 1. The third kappa shape index (κ3) is 6.64. The van der Waals surface area contributed by atoms with Crippen molar-refractivity contribution in [2.45, 2.75) is 20.3 Å². The smallest absolute Gasteiger partial charge is 0.341 e. The van der Waals surface area contributed by atoms with Gasteiger partial charge in [-0.05, 0) is 31.0 Å². The van der Waals surface area contributed by atoms with Crippen LogP contribution in [0.2, 0.25) is 0 Å². The molecule has 0 spiro atoms. The number of anilines is 2. The highest BCUT2D eigenvalue weighted by atomic mass is 32.3. The lowest BCUT2D eigenvalue weighted by Gasteiger charge is -2.17. The van der Waals surface area contributed by atoms with Gasteiger partial charge in [-0.3, -0.25) is 13.4 Å². The van der Waals surface area contributed by atoms with Gasteiger partial charge in [0, 0.05) is 27.7 Å². The van der Waals surface area contributed by atoms with Gasteiger partial charge in [0.15, 0.2) is 0 Å². The van der Waals surface area contributed by atoms with Crippen molar-refractivity contribution in [2.24, 2.45) is 0 Å². The SMILES string of the molecule is CCOC(=O)c1cnc2c(OC)cccc2c1Nc1ccccc1CC.O=S(=O)([O-])[O-]. The summed E-state index contributed by atoms with van der Waals surface area (Å²) in [5.41, 5.74) is 3.89. The molecule has 0 radical (unpaired) electrons. The number of hydrogen-bond donors (Lipinski definition) is 1. The number of hydrogen-bond acceptors (Lipinski definition) is 9. The molecule has 2 aromatic carbocycles. The lowest BCUT2D eigenvalue weighted by molar-refractivity contribution is 0.0527. The molecule has 0 unspecified atom stereocenters. The van der Waals surface area contributed by atoms with Crippen LogP contribution in [0.4, 0.5) is 11.4 Å². The molecule has 0 aliphatic heterocycles. The first-order valence-electron chi connectivity index (χ1n) is 9.34. The van der Waals surface area contributed by atoms with E-state index in [1.165, 1.54) is 0 Å². The first kappa shape index (κ1) is 24.1. The molecule has 0 aliphatic rings. The Kier molecular flexibility index (Phi) is 8.31. The van der Waals surface area contributed by atoms with Crippen LogP contribution in [0, 0.1) is 0 Å². The minimum Gasteiger partial charge on any atom is -0.759 e. The molecule has 166 valence electrons. The standard InChI is InChI=1S/C21H22N2O3.H2O4S/c1-4-14-9-6-7-11-17(14)23-19-15-10-8-12-18(25-3)20(15)22-13-16(19)21(24)26-5-2;1-5(2,3)4/h6-13H,4-5H2,1-3H3,(H,22,23);(H2,1,2,3,4)/p-2. The summed E-state index contributed by atoms with van der Waals surface area (Å²) in [5, 5.41) is 4.24. The molecule has 1 heterocycles. The number of pyridine rings is 1. The van der Waals surface area contributed by atoms with Crippen molar-refractivity contribution in [1.82, 2.24) is 4.98 Å². The number of nitrogens with zero attached hydrogens (tertiary/aromatic N) is 1. The zero-order valence-corrected chi connectivity index (χ0v) is 18.1. The fourth-order valence-corrected chi connectivity index (χ4v) is 2.94. The summed E-state index contributed by atoms with van der Waals surface area (Å²) in [4.78, 5) is 16.9. The number of fused-ring (bicyclic) bond motifs is 1. The topological polar surface area (TPSA) is 141 Å². The summed E-state index contributed by atoms with van der Waals surface area (Å²) in [5.74, 6) is 0.255. The predicted molar refractivity (Wildman–Crippen MR) is 114 cm³/mol. The molecule has 3 aromatic rings. The van der Waals surface area contributed by atoms with Crippen LogP contribution in [0.25, 0.3) is 10.9 Å². The Labute approximate surface area is 180 Å². The van der Waals surface area contributed by atoms with E-state index in [2.05, 4.69) is 23.3 Å². The first-order chi connectivity index (χ1) is 14.7. The highest BCUT2D eigenvalue weighted by molar-refractivity contribution is 7.79. The normalized spacial score (nSPS) is 10.7. The molecule has 0 aliphatic carbocycles. The molecule has 0 amide bonds. The van der Waals surface area contributed by atoms with Crippen LogP contribution in [0.5, 0.6) is 5.75 Å². The van der Waals surface area contributed by atoms with E-state index in [0.29, 0.717) is 29.1 Å². The largest absolute Gasteiger partial charge is 0.759 e. The molecule has 3 rings (SSSR count). The lowest BCUT2D eigenvalue weighted by atomic mass is 10.1. The summed E-state index contributed by atoms with van der Waals surface area (Å²) in [6.07, 6.45) is 2.42. The summed E-state index contributed by atoms with van der Waals surface area (Å²) < 4.78 is 44.7. The van der Waals surface area contributed by atoms with Crippen molar-refractivity contribution in [3.8, 4) is 5.75 Å². The second-order valence-corrected chi connectivity index (χ2v) is 6.98. The number of carbonyl (C=O) groups excluding carboxylic acids is 1. The minimum atomic E-state index is -5.17. The Morgan fingerprint density at radius 3 is 2.39 bits per heavy atom. The van der Waals surface area contributed by atoms with E-state index in [1.54, 1.807) is 20.2 Å². The van der Waals surface area contributed by atoms with Crippen LogP contribution in [0.3, 0.4) is 0 Å². The van der Waals surface area contributed by atoms with Gasteiger partial charge in [0.1, 0.15) is 16.8 Å². The highest BCUT2D eigenvalue weighted by Gasteiger charge is 2.19. The third-order valence-electron chi connectivity index (χ3n) is 4.23. The number of methoxy groups -OCH3 is 1. The number of para-hydroxylation sites is 2. The molecule has 0 saturated carbocycles. The summed E-state index contributed by atoms with van der Waals surface area (Å²) in [6, 6.07) is 13.7. The number of benzene rings is 2. The van der Waals surface area contributed by atoms with Gasteiger partial charge in [0.25, 0.3) is 0 Å². The van der Waals surface area contributed by atoms with Crippen LogP contribution < -0.4 is 10.1 Å². The second-order valence-electron chi connectivity index (χ2n) is 6.17. The van der Waals surface area contributed by atoms with E-state index in [9.17, 15) is 4.79 Å². The van der Waals surface area contributed by atoms with Crippen molar-refractivity contribution in [3.05, 3.63) is 59.8 Å². The Morgan fingerprint density at radius 1 is 1.10 bits per heavy atom. The van der Waals surface area contributed by atoms with E-state index >= 15 is 0 Å². The van der Waals surface area contributed by atoms with Crippen molar-refractivity contribution < 1.29 is 31.8 Å². The first-order valence-corrected chi connectivity index (χ1v) is 10.7. The molecular weight excluding hydrogens is 424 g/mol. The predicted octanol–water partition coefficient (Wildman–Crippen LogP) is 3.39. The van der Waals surface area contributed by atoms with Gasteiger partial charge < -0.3 is 23.9 Å². The maximum Gasteiger partial charge on any atom is 0.341 e. The van der Waals surface area contributed by atoms with Gasteiger partial charge in [-0.15, -0.1) is 0 Å². The van der Waals surface area contributed by atoms with Crippen molar-refractivity contribution in [2.75, 3.05) is 19.0 Å². The van der Waals surface area contributed by atoms with Gasteiger partial charge in [-0.2, -0.15) is 0 Å². The molecule has 1 aromatic heterocycles. The monoisotopic (exact) mass is 446 g/mol. The maximum atomic E-state index is 12.5. The van der Waals surface area contributed by atoms with E-state index in [1.807, 2.05) is 36.4 Å². The van der Waals surface area contributed by atoms with Crippen molar-refractivity contribution >= 4 is 38.6 Å². The van der Waals surface area contributed by atoms with Crippen LogP contribution in [-0.4, -0.2) is 42.2 Å². The maximum absolute atomic E-state index is 12.5. The molecule has 0 saturated heterocycles. The quantitative estimate of drug-likeness (QED) is 0.342. The number of rotatable bonds is 6. The molecule has 1 N–H and O–H groups in total. The molecular formula is C21H22N2O7S-2. The molecule has 0 fully saturated rings.